The summed E-state index contributed by atoms with van der Waals surface area (Å²) in [6.07, 6.45) is 0.781. The molecule has 0 saturated carbocycles. The maximum absolute atomic E-state index is 11.6. The molecule has 0 aromatic rings. The lowest BCUT2D eigenvalue weighted by molar-refractivity contribution is -0.118. The van der Waals surface area contributed by atoms with Crippen LogP contribution in [0.1, 0.15) is 27.2 Å². The highest BCUT2D eigenvalue weighted by Crippen LogP contribution is 2.32. The fraction of sp³-hybridized carbons (Fsp3) is 0.700. The van der Waals surface area contributed by atoms with Crippen molar-refractivity contribution in [2.75, 3.05) is 7.11 Å². The van der Waals surface area contributed by atoms with Gasteiger partial charge >= 0.3 is 0 Å². The Morgan fingerprint density at radius 1 is 1.50 bits per heavy atom. The Morgan fingerprint density at radius 2 is 2.08 bits per heavy atom. The number of ketones is 1. The average molecular weight is 168 g/mol. The number of hydrogen-bond donors (Lipinski definition) is 0. The van der Waals surface area contributed by atoms with Gasteiger partial charge in [0.05, 0.1) is 7.11 Å². The van der Waals surface area contributed by atoms with Crippen molar-refractivity contribution in [2.45, 2.75) is 27.2 Å². The molecule has 12 heavy (non-hydrogen) atoms. The minimum absolute atomic E-state index is 0.123. The molecule has 1 aliphatic carbocycles. The first-order valence-corrected chi connectivity index (χ1v) is 4.39. The zero-order valence-electron chi connectivity index (χ0n) is 8.18. The van der Waals surface area contributed by atoms with E-state index in [1.54, 1.807) is 7.11 Å². The summed E-state index contributed by atoms with van der Waals surface area (Å²) < 4.78 is 5.18. The molecular weight excluding hydrogens is 152 g/mol. The number of ether oxygens (including phenoxy) is 1. The zero-order valence-corrected chi connectivity index (χ0v) is 8.18. The van der Waals surface area contributed by atoms with Crippen LogP contribution in [0.3, 0.4) is 0 Å². The van der Waals surface area contributed by atoms with Gasteiger partial charge in [0.15, 0.2) is 5.78 Å². The molecule has 0 saturated heterocycles. The Bertz CT molecular complexity index is 226. The Kier molecular flexibility index (Phi) is 2.55. The molecule has 2 nitrogen and oxygen atoms in total. The fourth-order valence-electron chi connectivity index (χ4n) is 1.68. The second-order valence-corrected chi connectivity index (χ2v) is 3.67. The van der Waals surface area contributed by atoms with E-state index in [9.17, 15) is 4.79 Å². The third-order valence-electron chi connectivity index (χ3n) is 2.33. The predicted molar refractivity (Wildman–Crippen MR) is 47.7 cm³/mol. The molecule has 1 aliphatic rings. The van der Waals surface area contributed by atoms with Crippen LogP contribution in [0.25, 0.3) is 0 Å². The van der Waals surface area contributed by atoms with Crippen LogP contribution in [0.5, 0.6) is 0 Å². The van der Waals surface area contributed by atoms with Gasteiger partial charge in [0.25, 0.3) is 0 Å². The predicted octanol–water partition coefficient (Wildman–Crippen LogP) is 2.15. The Labute approximate surface area is 73.6 Å². The number of carbonyl (C=O) groups is 1. The Hall–Kier alpha value is -0.790. The quantitative estimate of drug-likeness (QED) is 0.631. The van der Waals surface area contributed by atoms with Gasteiger partial charge in [0, 0.05) is 17.9 Å². The third kappa shape index (κ3) is 1.38. The van der Waals surface area contributed by atoms with Crippen molar-refractivity contribution in [1.29, 1.82) is 0 Å². The summed E-state index contributed by atoms with van der Waals surface area (Å²) in [4.78, 5) is 11.6. The van der Waals surface area contributed by atoms with Gasteiger partial charge in [-0.1, -0.05) is 20.8 Å². The monoisotopic (exact) mass is 168 g/mol. The Balaban J connectivity index is 2.95. The summed E-state index contributed by atoms with van der Waals surface area (Å²) in [5.41, 5.74) is 0.894. The van der Waals surface area contributed by atoms with E-state index in [-0.39, 0.29) is 17.6 Å². The van der Waals surface area contributed by atoms with Crippen LogP contribution in [0, 0.1) is 11.8 Å². The minimum atomic E-state index is 0.123. The number of allylic oxidation sites excluding steroid dienone is 2. The minimum Gasteiger partial charge on any atom is -0.501 e. The maximum Gasteiger partial charge on any atom is 0.165 e. The van der Waals surface area contributed by atoms with Gasteiger partial charge in [-0.05, 0) is 5.92 Å². The van der Waals surface area contributed by atoms with Crippen LogP contribution in [0.4, 0.5) is 0 Å². The molecule has 0 radical (unpaired) electrons. The number of rotatable bonds is 2. The van der Waals surface area contributed by atoms with Crippen molar-refractivity contribution in [3.8, 4) is 0 Å². The molecule has 0 spiro atoms. The highest BCUT2D eigenvalue weighted by molar-refractivity contribution is 6.00. The maximum atomic E-state index is 11.6. The van der Waals surface area contributed by atoms with Crippen molar-refractivity contribution >= 4 is 5.78 Å². The molecule has 0 aromatic carbocycles. The normalized spacial score (nSPS) is 24.1. The molecule has 0 heterocycles. The van der Waals surface area contributed by atoms with E-state index in [1.807, 2.05) is 20.8 Å². The molecule has 1 rings (SSSR count). The van der Waals surface area contributed by atoms with E-state index >= 15 is 0 Å². The molecule has 1 unspecified atom stereocenters. The number of carbonyl (C=O) groups excluding carboxylic acids is 1. The molecule has 0 amide bonds. The molecule has 0 aromatic heterocycles. The molecule has 0 aliphatic heterocycles. The van der Waals surface area contributed by atoms with Gasteiger partial charge in [0.2, 0.25) is 0 Å². The molecule has 68 valence electrons. The molecule has 0 bridgehead atoms. The summed E-state index contributed by atoms with van der Waals surface area (Å²) in [6, 6.07) is 0. The van der Waals surface area contributed by atoms with E-state index in [2.05, 4.69) is 0 Å². The first-order chi connectivity index (χ1) is 5.57. The van der Waals surface area contributed by atoms with Crippen LogP contribution in [0.2, 0.25) is 0 Å². The summed E-state index contributed by atoms with van der Waals surface area (Å²) in [5, 5.41) is 0. The average Bonchev–Trinajstić information content (AvgIpc) is 2.28. The van der Waals surface area contributed by atoms with E-state index in [0.29, 0.717) is 0 Å². The second-order valence-electron chi connectivity index (χ2n) is 3.67. The lowest BCUT2D eigenvalue weighted by Gasteiger charge is -2.07. The zero-order chi connectivity index (χ0) is 9.30. The summed E-state index contributed by atoms with van der Waals surface area (Å²) in [6.45, 7) is 6.02. The fourth-order valence-corrected chi connectivity index (χ4v) is 1.68. The van der Waals surface area contributed by atoms with Gasteiger partial charge in [-0.25, -0.2) is 0 Å². The topological polar surface area (TPSA) is 26.3 Å². The number of hydrogen-bond acceptors (Lipinski definition) is 2. The van der Waals surface area contributed by atoms with Gasteiger partial charge in [-0.2, -0.15) is 0 Å². The first-order valence-electron chi connectivity index (χ1n) is 4.39. The summed E-state index contributed by atoms with van der Waals surface area (Å²) in [7, 11) is 1.64. The largest absolute Gasteiger partial charge is 0.501 e. The van der Waals surface area contributed by atoms with E-state index in [4.69, 9.17) is 4.74 Å². The summed E-state index contributed by atoms with van der Waals surface area (Å²) in [5.74, 6) is 1.57. The number of methoxy groups -OCH3 is 1. The van der Waals surface area contributed by atoms with Gasteiger partial charge in [-0.3, -0.25) is 4.79 Å². The van der Waals surface area contributed by atoms with Crippen LogP contribution < -0.4 is 0 Å². The van der Waals surface area contributed by atoms with E-state index in [1.165, 1.54) is 0 Å². The number of Topliss-reactive ketones (excluding diaryl/α,β-unsaturated/α-hetero) is 1. The lowest BCUT2D eigenvalue weighted by atomic mass is 9.98. The van der Waals surface area contributed by atoms with Crippen LogP contribution >= 0.6 is 0 Å². The van der Waals surface area contributed by atoms with Crippen LogP contribution in [-0.4, -0.2) is 12.9 Å². The third-order valence-corrected chi connectivity index (χ3v) is 2.33. The van der Waals surface area contributed by atoms with Crippen molar-refractivity contribution < 1.29 is 9.53 Å². The van der Waals surface area contributed by atoms with Crippen molar-refractivity contribution in [2.24, 2.45) is 11.8 Å². The SMILES string of the molecule is COC1=C(C(C)C)C(=O)C(C)C1. The van der Waals surface area contributed by atoms with Crippen LogP contribution in [0.15, 0.2) is 11.3 Å². The Morgan fingerprint density at radius 3 is 2.42 bits per heavy atom. The molecule has 1 atom stereocenters. The van der Waals surface area contributed by atoms with Gasteiger partial charge < -0.3 is 4.74 Å². The summed E-state index contributed by atoms with van der Waals surface area (Å²) >= 11 is 0. The smallest absolute Gasteiger partial charge is 0.165 e. The molecular formula is C10H16O2. The lowest BCUT2D eigenvalue weighted by Crippen LogP contribution is -2.10. The van der Waals surface area contributed by atoms with Crippen LogP contribution in [-0.2, 0) is 9.53 Å². The van der Waals surface area contributed by atoms with Crippen molar-refractivity contribution in [3.05, 3.63) is 11.3 Å². The second kappa shape index (κ2) is 3.30. The highest BCUT2D eigenvalue weighted by atomic mass is 16.5. The highest BCUT2D eigenvalue weighted by Gasteiger charge is 2.32. The van der Waals surface area contributed by atoms with Crippen molar-refractivity contribution in [3.63, 3.8) is 0 Å². The molecule has 0 N–H and O–H groups in total. The molecule has 2 heteroatoms. The van der Waals surface area contributed by atoms with E-state index in [0.717, 1.165) is 17.8 Å². The van der Waals surface area contributed by atoms with E-state index < -0.39 is 0 Å². The standard InChI is InChI=1S/C10H16O2/c1-6(2)9-8(12-4)5-7(3)10(9)11/h6-7H,5H2,1-4H3. The first kappa shape index (κ1) is 9.30. The van der Waals surface area contributed by atoms with Gasteiger partial charge in [0.1, 0.15) is 5.76 Å². The van der Waals surface area contributed by atoms with Crippen molar-refractivity contribution in [1.82, 2.24) is 0 Å². The molecule has 0 fully saturated rings. The van der Waals surface area contributed by atoms with Gasteiger partial charge in [-0.15, -0.1) is 0 Å².